The Morgan fingerprint density at radius 2 is 1.42 bits per heavy atom. The van der Waals surface area contributed by atoms with Crippen molar-refractivity contribution in [3.05, 3.63) is 132 Å². The number of alkyl carbamates (subject to hydrolysis) is 1. The number of carboxylic acid groups (broad SMARTS) is 1. The van der Waals surface area contributed by atoms with E-state index in [9.17, 15) is 29.4 Å². The lowest BCUT2D eigenvalue weighted by atomic mass is 10.0. The number of aromatic hydroxyl groups is 1. The van der Waals surface area contributed by atoms with E-state index in [2.05, 4.69) is 47.0 Å². The van der Waals surface area contributed by atoms with Gasteiger partial charge in [0.05, 0.1) is 6.16 Å². The average molecular weight is 853 g/mol. The summed E-state index contributed by atoms with van der Waals surface area (Å²) in [7, 11) is -2.47. The van der Waals surface area contributed by atoms with Crippen LogP contribution < -0.4 is 26.5 Å². The fraction of sp³-hybridized carbons (Fsp3) is 0.231. The molecule has 4 aromatic rings. The lowest BCUT2D eigenvalue weighted by Gasteiger charge is -2.49. The molecule has 1 fully saturated rings. The third-order valence-electron chi connectivity index (χ3n) is 8.69. The lowest BCUT2D eigenvalue weighted by Crippen LogP contribution is -2.71. The van der Waals surface area contributed by atoms with E-state index in [1.807, 2.05) is 54.6 Å². The summed E-state index contributed by atoms with van der Waals surface area (Å²) in [6.45, 7) is 5.06. The molecule has 0 aliphatic carbocycles. The first-order chi connectivity index (χ1) is 24.4. The van der Waals surface area contributed by atoms with Crippen molar-refractivity contribution in [2.45, 2.75) is 43.8 Å². The number of nitrogens with one attached hydrogen (secondary N) is 2. The Bertz CT molecular complexity index is 1880. The number of nitrogens with zero attached hydrogens (tertiary/aromatic N) is 1. The molecule has 0 radical (unpaired) electrons. The number of carbonyl (C=O) groups is 4. The number of carboxylic acids is 1. The van der Waals surface area contributed by atoms with Crippen LogP contribution in [0.5, 0.6) is 5.75 Å². The highest BCUT2D eigenvalue weighted by Crippen LogP contribution is 2.58. The second-order valence-corrected chi connectivity index (χ2v) is 17.9. The van der Waals surface area contributed by atoms with Crippen molar-refractivity contribution in [1.29, 1.82) is 0 Å². The number of benzene rings is 4. The summed E-state index contributed by atoms with van der Waals surface area (Å²) < 4.78 is 5.37. The summed E-state index contributed by atoms with van der Waals surface area (Å²) >= 11 is 1.39. The van der Waals surface area contributed by atoms with Gasteiger partial charge in [-0.1, -0.05) is 66.7 Å². The maximum atomic E-state index is 13.8. The molecule has 0 aromatic heterocycles. The number of amides is 3. The summed E-state index contributed by atoms with van der Waals surface area (Å²) in [5, 5.41) is 28.6. The lowest BCUT2D eigenvalue weighted by molar-refractivity contribution is -0.151. The van der Waals surface area contributed by atoms with Gasteiger partial charge in [-0.3, -0.25) is 14.5 Å². The predicted octanol–water partition coefficient (Wildman–Crippen LogP) is 5.31. The van der Waals surface area contributed by atoms with E-state index >= 15 is 0 Å². The van der Waals surface area contributed by atoms with E-state index in [1.165, 1.54) is 34.9 Å². The molecule has 10 nitrogen and oxygen atoms in total. The van der Waals surface area contributed by atoms with Gasteiger partial charge in [0.25, 0.3) is 5.91 Å². The van der Waals surface area contributed by atoms with E-state index in [1.54, 1.807) is 26.8 Å². The molecule has 52 heavy (non-hydrogen) atoms. The van der Waals surface area contributed by atoms with Crippen molar-refractivity contribution in [3.63, 3.8) is 0 Å². The Morgan fingerprint density at radius 3 is 1.90 bits per heavy atom. The topological polar surface area (TPSA) is 145 Å². The second kappa shape index (κ2) is 16.1. The molecule has 2 aliphatic rings. The molecular formula is C39H40IN3O7PS+. The van der Waals surface area contributed by atoms with E-state index in [0.29, 0.717) is 17.5 Å². The van der Waals surface area contributed by atoms with Gasteiger partial charge in [0.1, 0.15) is 57.7 Å². The van der Waals surface area contributed by atoms with Crippen molar-refractivity contribution < 1.29 is 34.1 Å². The minimum atomic E-state index is -2.47. The number of phenolic OH excluding ortho intramolecular Hbond substituents is 1. The van der Waals surface area contributed by atoms with Gasteiger partial charge in [0, 0.05) is 11.3 Å². The normalized spacial score (nSPS) is 17.5. The van der Waals surface area contributed by atoms with Crippen molar-refractivity contribution in [2.75, 3.05) is 11.9 Å². The molecule has 270 valence electrons. The summed E-state index contributed by atoms with van der Waals surface area (Å²) in [5.74, 6) is -2.29. The van der Waals surface area contributed by atoms with Crippen LogP contribution in [0.1, 0.15) is 32.4 Å². The first-order valence-electron chi connectivity index (χ1n) is 16.4. The van der Waals surface area contributed by atoms with Gasteiger partial charge in [0.2, 0.25) is 5.91 Å². The molecule has 2 heterocycles. The minimum absolute atomic E-state index is 0. The quantitative estimate of drug-likeness (QED) is 0.0956. The number of hydrogen-bond donors (Lipinski definition) is 4. The molecule has 4 N–H and O–H groups in total. The highest BCUT2D eigenvalue weighted by Gasteiger charge is 2.56. The van der Waals surface area contributed by atoms with Crippen LogP contribution in [0.4, 0.5) is 4.79 Å². The summed E-state index contributed by atoms with van der Waals surface area (Å²) in [5.41, 5.74) is -0.00484. The van der Waals surface area contributed by atoms with E-state index < -0.39 is 54.2 Å². The zero-order valence-electron chi connectivity index (χ0n) is 28.8. The van der Waals surface area contributed by atoms with Crippen LogP contribution in [0.25, 0.3) is 0 Å². The molecule has 13 heteroatoms. The van der Waals surface area contributed by atoms with Crippen molar-refractivity contribution in [2.24, 2.45) is 0 Å². The third kappa shape index (κ3) is 7.99. The fourth-order valence-corrected chi connectivity index (χ4v) is 12.3. The Hall–Kier alpha value is -4.39. The van der Waals surface area contributed by atoms with Crippen LogP contribution in [0.3, 0.4) is 0 Å². The number of aliphatic carboxylic acids is 1. The zero-order valence-corrected chi connectivity index (χ0v) is 32.8. The SMILES string of the molecule is CC(C)(C)OC(=O)NC(C(=O)N[C@@H]1C(=O)N2C(C(=O)O)=C(C[P+](c3ccccc3)(c3ccccc3)c3ccccc3)CS[C@@H]12)c1cccc(O)c1.I. The van der Waals surface area contributed by atoms with Gasteiger partial charge in [-0.2, -0.15) is 0 Å². The Balaban J connectivity index is 0.00000523. The highest BCUT2D eigenvalue weighted by molar-refractivity contribution is 14.0. The van der Waals surface area contributed by atoms with Crippen molar-refractivity contribution in [3.8, 4) is 5.75 Å². The molecule has 3 atom stereocenters. The Morgan fingerprint density at radius 1 is 0.885 bits per heavy atom. The van der Waals surface area contributed by atoms with Gasteiger partial charge in [-0.05, 0) is 74.9 Å². The number of phenols is 1. The number of fused-ring (bicyclic) bond motifs is 1. The van der Waals surface area contributed by atoms with Crippen LogP contribution in [-0.2, 0) is 19.1 Å². The monoisotopic (exact) mass is 852 g/mol. The van der Waals surface area contributed by atoms with Gasteiger partial charge >= 0.3 is 12.1 Å². The molecule has 0 spiro atoms. The van der Waals surface area contributed by atoms with Crippen LogP contribution in [0.15, 0.2) is 127 Å². The summed E-state index contributed by atoms with van der Waals surface area (Å²) in [6.07, 6.45) is -0.463. The number of halogens is 1. The Kier molecular flexibility index (Phi) is 12.0. The maximum absolute atomic E-state index is 13.8. The van der Waals surface area contributed by atoms with Crippen LogP contribution >= 0.6 is 43.0 Å². The second-order valence-electron chi connectivity index (χ2n) is 13.3. The Labute approximate surface area is 324 Å². The highest BCUT2D eigenvalue weighted by atomic mass is 127. The van der Waals surface area contributed by atoms with E-state index in [-0.39, 0.29) is 41.0 Å². The largest absolute Gasteiger partial charge is 0.508 e. The number of thioether (sulfide) groups is 1. The van der Waals surface area contributed by atoms with Crippen molar-refractivity contribution in [1.82, 2.24) is 15.5 Å². The van der Waals surface area contributed by atoms with Gasteiger partial charge in [-0.15, -0.1) is 35.7 Å². The standard InChI is InChI=1S/C39H38N3O7PS.HI/c1-39(2,3)49-38(48)41-31(25-14-13-15-27(43)22-25)34(44)40-32-35(45)42-33(37(46)47)26(24-51-36(32)42)23-50(28-16-7-4-8-17-28,29-18-9-5-10-19-29)30-20-11-6-12-21-30;/h4-22,31-32,36H,23-24H2,1-3H3,(H3-,40,41,43,44,46,47,48);1H/p+1/t31?,32-,36+;/m1./s1. The first kappa shape index (κ1) is 38.8. The number of hydrogen-bond acceptors (Lipinski definition) is 7. The summed E-state index contributed by atoms with van der Waals surface area (Å²) in [6, 6.07) is 33.8. The van der Waals surface area contributed by atoms with Gasteiger partial charge in [0.15, 0.2) is 0 Å². The molecule has 3 amide bonds. The smallest absolute Gasteiger partial charge is 0.408 e. The van der Waals surface area contributed by atoms with E-state index in [4.69, 9.17) is 4.74 Å². The predicted molar refractivity (Wildman–Crippen MR) is 215 cm³/mol. The summed E-state index contributed by atoms with van der Waals surface area (Å²) in [4.78, 5) is 54.7. The molecule has 2 aliphatic heterocycles. The maximum Gasteiger partial charge on any atom is 0.408 e. The molecule has 0 saturated carbocycles. The van der Waals surface area contributed by atoms with Crippen LogP contribution in [-0.4, -0.2) is 67.9 Å². The molecule has 4 aromatic carbocycles. The van der Waals surface area contributed by atoms with Crippen molar-refractivity contribution >= 4 is 82.8 Å². The zero-order chi connectivity index (χ0) is 36.3. The molecule has 6 rings (SSSR count). The fourth-order valence-electron chi connectivity index (χ4n) is 6.53. The third-order valence-corrected chi connectivity index (χ3v) is 14.4. The van der Waals surface area contributed by atoms with E-state index in [0.717, 1.165) is 15.9 Å². The molecule has 1 unspecified atom stereocenters. The van der Waals surface area contributed by atoms with Crippen LogP contribution in [0, 0.1) is 0 Å². The number of carbonyl (C=O) groups excluding carboxylic acids is 3. The molecular weight excluding hydrogens is 812 g/mol. The van der Waals surface area contributed by atoms with Crippen LogP contribution in [0.2, 0.25) is 0 Å². The molecule has 1 saturated heterocycles. The minimum Gasteiger partial charge on any atom is -0.508 e. The van der Waals surface area contributed by atoms with Gasteiger partial charge < -0.3 is 25.6 Å². The average Bonchev–Trinajstić information content (AvgIpc) is 3.11. The number of rotatable bonds is 10. The first-order valence-corrected chi connectivity index (χ1v) is 19.4. The number of β-lactam (4-membered cyclic amide) rings is 1. The van der Waals surface area contributed by atoms with Gasteiger partial charge in [-0.25, -0.2) is 9.59 Å². The molecule has 0 bridgehead atoms. The number of ether oxygens (including phenoxy) is 1.